The summed E-state index contributed by atoms with van der Waals surface area (Å²) in [5.74, 6) is 0.0983. The fraction of sp³-hybridized carbons (Fsp3) is 0.235. The molecule has 20 heavy (non-hydrogen) atoms. The van der Waals surface area contributed by atoms with Gasteiger partial charge in [0, 0.05) is 37.2 Å². The lowest BCUT2D eigenvalue weighted by Crippen LogP contribution is -2.32. The van der Waals surface area contributed by atoms with Gasteiger partial charge in [0.2, 0.25) is 5.91 Å². The molecule has 0 fully saturated rings. The van der Waals surface area contributed by atoms with Crippen molar-refractivity contribution >= 4 is 16.8 Å². The molecule has 0 unspecified atom stereocenters. The number of rotatable bonds is 6. The van der Waals surface area contributed by atoms with E-state index in [9.17, 15) is 4.79 Å². The van der Waals surface area contributed by atoms with Crippen molar-refractivity contribution < 1.29 is 4.79 Å². The van der Waals surface area contributed by atoms with Gasteiger partial charge in [-0.3, -0.25) is 4.79 Å². The van der Waals surface area contributed by atoms with E-state index in [0.29, 0.717) is 19.5 Å². The molecule has 1 heterocycles. The molecule has 0 aliphatic rings. The Morgan fingerprint density at radius 1 is 1.25 bits per heavy atom. The van der Waals surface area contributed by atoms with Crippen molar-refractivity contribution in [3.05, 3.63) is 61.3 Å². The van der Waals surface area contributed by atoms with Crippen LogP contribution in [-0.4, -0.2) is 28.5 Å². The van der Waals surface area contributed by atoms with Crippen LogP contribution in [0.25, 0.3) is 10.9 Å². The van der Waals surface area contributed by atoms with E-state index in [1.807, 2.05) is 25.4 Å². The van der Waals surface area contributed by atoms with Crippen molar-refractivity contribution in [3.8, 4) is 0 Å². The van der Waals surface area contributed by atoms with E-state index >= 15 is 0 Å². The summed E-state index contributed by atoms with van der Waals surface area (Å²) in [6, 6.07) is 8.13. The summed E-state index contributed by atoms with van der Waals surface area (Å²) in [5.41, 5.74) is 2.21. The first-order chi connectivity index (χ1) is 9.67. The molecule has 1 aromatic heterocycles. The molecule has 0 aliphatic carbocycles. The fourth-order valence-electron chi connectivity index (χ4n) is 2.43. The first kappa shape index (κ1) is 14.1. The van der Waals surface area contributed by atoms with Crippen LogP contribution in [0.5, 0.6) is 0 Å². The fourth-order valence-corrected chi connectivity index (χ4v) is 2.43. The quantitative estimate of drug-likeness (QED) is 0.739. The van der Waals surface area contributed by atoms with Gasteiger partial charge in [-0.1, -0.05) is 30.4 Å². The first-order valence-electron chi connectivity index (χ1n) is 6.70. The molecule has 1 amide bonds. The predicted molar refractivity (Wildman–Crippen MR) is 83.6 cm³/mol. The average Bonchev–Trinajstić information content (AvgIpc) is 2.76. The van der Waals surface area contributed by atoms with E-state index in [1.165, 1.54) is 0 Å². The summed E-state index contributed by atoms with van der Waals surface area (Å²) < 4.78 is 2.06. The molecule has 3 heteroatoms. The Morgan fingerprint density at radius 3 is 2.55 bits per heavy atom. The minimum atomic E-state index is 0.0983. The monoisotopic (exact) mass is 268 g/mol. The number of benzene rings is 1. The van der Waals surface area contributed by atoms with E-state index in [2.05, 4.69) is 29.9 Å². The molecule has 3 nitrogen and oxygen atoms in total. The lowest BCUT2D eigenvalue weighted by molar-refractivity contribution is -0.129. The number of aromatic nitrogens is 1. The highest BCUT2D eigenvalue weighted by Crippen LogP contribution is 2.21. The van der Waals surface area contributed by atoms with Gasteiger partial charge in [0.15, 0.2) is 0 Å². The van der Waals surface area contributed by atoms with Crippen LogP contribution in [0.2, 0.25) is 0 Å². The number of carbonyl (C=O) groups is 1. The van der Waals surface area contributed by atoms with Crippen LogP contribution in [0.15, 0.2) is 55.8 Å². The van der Waals surface area contributed by atoms with Gasteiger partial charge >= 0.3 is 0 Å². The van der Waals surface area contributed by atoms with Crippen molar-refractivity contribution in [2.45, 2.75) is 6.42 Å². The van der Waals surface area contributed by atoms with Crippen LogP contribution in [-0.2, 0) is 18.3 Å². The van der Waals surface area contributed by atoms with Crippen molar-refractivity contribution in [1.29, 1.82) is 0 Å². The first-order valence-corrected chi connectivity index (χ1v) is 6.70. The summed E-state index contributed by atoms with van der Waals surface area (Å²) >= 11 is 0. The van der Waals surface area contributed by atoms with Gasteiger partial charge in [-0.05, 0) is 11.6 Å². The number of nitrogens with zero attached hydrogens (tertiary/aromatic N) is 2. The number of hydrogen-bond donors (Lipinski definition) is 0. The number of aryl methyl sites for hydroxylation is 1. The number of fused-ring (bicyclic) bond motifs is 1. The Morgan fingerprint density at radius 2 is 1.90 bits per heavy atom. The van der Waals surface area contributed by atoms with E-state index < -0.39 is 0 Å². The molecule has 1 aromatic carbocycles. The normalized spacial score (nSPS) is 10.4. The van der Waals surface area contributed by atoms with Crippen LogP contribution in [0.3, 0.4) is 0 Å². The lowest BCUT2D eigenvalue weighted by atomic mass is 10.1. The molecule has 2 aromatic rings. The Hall–Kier alpha value is -2.29. The zero-order chi connectivity index (χ0) is 14.5. The second-order valence-electron chi connectivity index (χ2n) is 4.84. The SMILES string of the molecule is C=CCN(CC=C)C(=O)Cc1cn(C)c2ccccc12. The molecule has 0 radical (unpaired) electrons. The zero-order valence-corrected chi connectivity index (χ0v) is 11.9. The summed E-state index contributed by atoms with van der Waals surface area (Å²) in [5, 5.41) is 1.14. The van der Waals surface area contributed by atoms with Crippen molar-refractivity contribution in [3.63, 3.8) is 0 Å². The second-order valence-corrected chi connectivity index (χ2v) is 4.84. The summed E-state index contributed by atoms with van der Waals surface area (Å²) in [6.45, 7) is 8.49. The van der Waals surface area contributed by atoms with Gasteiger partial charge in [-0.15, -0.1) is 13.2 Å². The van der Waals surface area contributed by atoms with Crippen molar-refractivity contribution in [2.24, 2.45) is 7.05 Å². The van der Waals surface area contributed by atoms with Crippen LogP contribution in [0, 0.1) is 0 Å². The summed E-state index contributed by atoms with van der Waals surface area (Å²) in [4.78, 5) is 14.1. The van der Waals surface area contributed by atoms with Gasteiger partial charge in [0.1, 0.15) is 0 Å². The van der Waals surface area contributed by atoms with E-state index in [4.69, 9.17) is 0 Å². The highest BCUT2D eigenvalue weighted by Gasteiger charge is 2.14. The largest absolute Gasteiger partial charge is 0.350 e. The Balaban J connectivity index is 2.25. The zero-order valence-electron chi connectivity index (χ0n) is 11.9. The van der Waals surface area contributed by atoms with Gasteiger partial charge in [0.25, 0.3) is 0 Å². The minimum Gasteiger partial charge on any atom is -0.350 e. The molecule has 0 saturated heterocycles. The molecule has 0 N–H and O–H groups in total. The lowest BCUT2D eigenvalue weighted by Gasteiger charge is -2.19. The standard InChI is InChI=1S/C17H20N2O/c1-4-10-19(11-5-2)17(20)12-14-13-18(3)16-9-7-6-8-15(14)16/h4-9,13H,1-2,10-12H2,3H3. The van der Waals surface area contributed by atoms with Gasteiger partial charge in [-0.25, -0.2) is 0 Å². The predicted octanol–water partition coefficient (Wildman–Crippen LogP) is 2.92. The Kier molecular flexibility index (Phi) is 4.41. The van der Waals surface area contributed by atoms with Crippen LogP contribution < -0.4 is 0 Å². The third kappa shape index (κ3) is 2.82. The maximum atomic E-state index is 12.4. The maximum absolute atomic E-state index is 12.4. The van der Waals surface area contributed by atoms with Crippen LogP contribution in [0.4, 0.5) is 0 Å². The Labute approximate surface area is 119 Å². The van der Waals surface area contributed by atoms with Gasteiger partial charge in [0.05, 0.1) is 6.42 Å². The highest BCUT2D eigenvalue weighted by atomic mass is 16.2. The molecule has 0 spiro atoms. The third-order valence-electron chi connectivity index (χ3n) is 3.37. The summed E-state index contributed by atoms with van der Waals surface area (Å²) in [6.07, 6.45) is 5.92. The van der Waals surface area contributed by atoms with Crippen molar-refractivity contribution in [1.82, 2.24) is 9.47 Å². The van der Waals surface area contributed by atoms with E-state index in [-0.39, 0.29) is 5.91 Å². The molecule has 0 saturated carbocycles. The topological polar surface area (TPSA) is 25.2 Å². The number of amides is 1. The summed E-state index contributed by atoms with van der Waals surface area (Å²) in [7, 11) is 2.00. The number of para-hydroxylation sites is 1. The molecule has 0 aliphatic heterocycles. The van der Waals surface area contributed by atoms with Crippen molar-refractivity contribution in [2.75, 3.05) is 13.1 Å². The maximum Gasteiger partial charge on any atom is 0.227 e. The molecule has 0 bridgehead atoms. The molecule has 0 atom stereocenters. The van der Waals surface area contributed by atoms with Gasteiger partial charge in [-0.2, -0.15) is 0 Å². The molecular formula is C17H20N2O. The van der Waals surface area contributed by atoms with E-state index in [1.54, 1.807) is 17.1 Å². The molecule has 104 valence electrons. The van der Waals surface area contributed by atoms with Crippen LogP contribution >= 0.6 is 0 Å². The van der Waals surface area contributed by atoms with Gasteiger partial charge < -0.3 is 9.47 Å². The Bertz CT molecular complexity index is 629. The average molecular weight is 268 g/mol. The third-order valence-corrected chi connectivity index (χ3v) is 3.37. The minimum absolute atomic E-state index is 0.0983. The molecular weight excluding hydrogens is 248 g/mol. The van der Waals surface area contributed by atoms with Crippen LogP contribution in [0.1, 0.15) is 5.56 Å². The second kappa shape index (κ2) is 6.24. The number of hydrogen-bond acceptors (Lipinski definition) is 1. The molecule has 2 rings (SSSR count). The smallest absolute Gasteiger partial charge is 0.227 e. The number of carbonyl (C=O) groups excluding carboxylic acids is 1. The van der Waals surface area contributed by atoms with E-state index in [0.717, 1.165) is 16.5 Å². The highest BCUT2D eigenvalue weighted by molar-refractivity contribution is 5.89.